The van der Waals surface area contributed by atoms with E-state index in [0.29, 0.717) is 11.6 Å². The van der Waals surface area contributed by atoms with Crippen LogP contribution in [-0.4, -0.2) is 31.0 Å². The van der Waals surface area contributed by atoms with Gasteiger partial charge in [-0.3, -0.25) is 4.79 Å². The van der Waals surface area contributed by atoms with Crippen LogP contribution >= 0.6 is 0 Å². The summed E-state index contributed by atoms with van der Waals surface area (Å²) in [5.41, 5.74) is 0.651. The Morgan fingerprint density at radius 1 is 1.15 bits per heavy atom. The molecule has 1 aromatic rings. The number of rotatable bonds is 3. The van der Waals surface area contributed by atoms with Crippen molar-refractivity contribution < 1.29 is 4.79 Å². The minimum atomic E-state index is 0.00776. The Morgan fingerprint density at radius 3 is 2.35 bits per heavy atom. The second kappa shape index (κ2) is 7.27. The Balaban J connectivity index is 1.92. The quantitative estimate of drug-likeness (QED) is 0.922. The first kappa shape index (κ1) is 14.8. The molecule has 1 saturated carbocycles. The van der Waals surface area contributed by atoms with E-state index in [4.69, 9.17) is 0 Å². The van der Waals surface area contributed by atoms with Crippen molar-refractivity contribution in [2.24, 2.45) is 0 Å². The third-order valence-electron chi connectivity index (χ3n) is 3.91. The maximum absolute atomic E-state index is 12.2. The number of amides is 1. The van der Waals surface area contributed by atoms with Crippen molar-refractivity contribution in [2.45, 2.75) is 51.0 Å². The van der Waals surface area contributed by atoms with Gasteiger partial charge in [-0.2, -0.15) is 0 Å². The van der Waals surface area contributed by atoms with Gasteiger partial charge in [-0.1, -0.05) is 32.1 Å². The van der Waals surface area contributed by atoms with Gasteiger partial charge in [-0.15, -0.1) is 0 Å². The lowest BCUT2D eigenvalue weighted by Crippen LogP contribution is -2.35. The Hall–Kier alpha value is -1.58. The monoisotopic (exact) mass is 275 g/mol. The molecule has 20 heavy (non-hydrogen) atoms. The molecule has 110 valence electrons. The molecule has 1 aromatic heterocycles. The van der Waals surface area contributed by atoms with E-state index in [2.05, 4.69) is 10.3 Å². The van der Waals surface area contributed by atoms with Gasteiger partial charge in [-0.25, -0.2) is 4.98 Å². The summed E-state index contributed by atoms with van der Waals surface area (Å²) in [6.07, 6.45) is 10.3. The number of nitrogens with one attached hydrogen (secondary N) is 1. The first-order valence-corrected chi connectivity index (χ1v) is 7.61. The van der Waals surface area contributed by atoms with Gasteiger partial charge in [0, 0.05) is 26.3 Å². The SMILES string of the molecule is CN(C)c1ccc(C(=O)NC2CCCCCCC2)cn1. The summed E-state index contributed by atoms with van der Waals surface area (Å²) in [4.78, 5) is 18.4. The standard InChI is InChI=1S/C16H25N3O/c1-19(2)15-11-10-13(12-17-15)16(20)18-14-8-6-4-3-5-7-9-14/h10-12,14H,3-9H2,1-2H3,(H,18,20). The van der Waals surface area contributed by atoms with Crippen LogP contribution in [0, 0.1) is 0 Å². The highest BCUT2D eigenvalue weighted by Crippen LogP contribution is 2.17. The van der Waals surface area contributed by atoms with E-state index in [0.717, 1.165) is 18.7 Å². The highest BCUT2D eigenvalue weighted by molar-refractivity contribution is 5.94. The maximum Gasteiger partial charge on any atom is 0.253 e. The van der Waals surface area contributed by atoms with Gasteiger partial charge < -0.3 is 10.2 Å². The molecule has 1 N–H and O–H groups in total. The normalized spacial score (nSPS) is 17.1. The molecule has 1 aliphatic rings. The maximum atomic E-state index is 12.2. The lowest BCUT2D eigenvalue weighted by Gasteiger charge is -2.21. The number of aromatic nitrogens is 1. The summed E-state index contributed by atoms with van der Waals surface area (Å²) >= 11 is 0. The van der Waals surface area contributed by atoms with Crippen LogP contribution in [0.2, 0.25) is 0 Å². The number of carbonyl (C=O) groups is 1. The average Bonchev–Trinajstić information content (AvgIpc) is 2.41. The minimum Gasteiger partial charge on any atom is -0.363 e. The number of hydrogen-bond donors (Lipinski definition) is 1. The molecule has 1 amide bonds. The largest absolute Gasteiger partial charge is 0.363 e. The molecule has 0 bridgehead atoms. The van der Waals surface area contributed by atoms with E-state index in [1.54, 1.807) is 6.20 Å². The second-order valence-electron chi connectivity index (χ2n) is 5.82. The number of hydrogen-bond acceptors (Lipinski definition) is 3. The summed E-state index contributed by atoms with van der Waals surface area (Å²) < 4.78 is 0. The van der Waals surface area contributed by atoms with Crippen LogP contribution in [0.3, 0.4) is 0 Å². The van der Waals surface area contributed by atoms with E-state index >= 15 is 0 Å². The van der Waals surface area contributed by atoms with Gasteiger partial charge in [-0.05, 0) is 25.0 Å². The molecule has 0 aromatic carbocycles. The average molecular weight is 275 g/mol. The van der Waals surface area contributed by atoms with E-state index in [-0.39, 0.29) is 5.91 Å². The van der Waals surface area contributed by atoms with E-state index < -0.39 is 0 Å². The summed E-state index contributed by atoms with van der Waals surface area (Å²) in [5, 5.41) is 3.16. The molecule has 1 heterocycles. The zero-order valence-corrected chi connectivity index (χ0v) is 12.6. The summed E-state index contributed by atoms with van der Waals surface area (Å²) in [7, 11) is 3.88. The fraction of sp³-hybridized carbons (Fsp3) is 0.625. The molecule has 0 atom stereocenters. The molecule has 1 aliphatic carbocycles. The van der Waals surface area contributed by atoms with Crippen molar-refractivity contribution >= 4 is 11.7 Å². The highest BCUT2D eigenvalue weighted by atomic mass is 16.1. The van der Waals surface area contributed by atoms with Crippen molar-refractivity contribution in [1.29, 1.82) is 0 Å². The first-order chi connectivity index (χ1) is 9.66. The molecule has 4 nitrogen and oxygen atoms in total. The van der Waals surface area contributed by atoms with Crippen LogP contribution in [0.25, 0.3) is 0 Å². The molecule has 0 radical (unpaired) electrons. The van der Waals surface area contributed by atoms with E-state index in [1.807, 2.05) is 31.1 Å². The molecule has 0 unspecified atom stereocenters. The summed E-state index contributed by atoms with van der Waals surface area (Å²) in [6.45, 7) is 0. The number of nitrogens with zero attached hydrogens (tertiary/aromatic N) is 2. The fourth-order valence-electron chi connectivity index (χ4n) is 2.65. The van der Waals surface area contributed by atoms with Crippen LogP contribution in [0.4, 0.5) is 5.82 Å². The van der Waals surface area contributed by atoms with Gasteiger partial charge in [0.2, 0.25) is 0 Å². The third kappa shape index (κ3) is 4.22. The molecule has 4 heteroatoms. The summed E-state index contributed by atoms with van der Waals surface area (Å²) in [6, 6.07) is 4.06. The lowest BCUT2D eigenvalue weighted by atomic mass is 9.96. The molecular formula is C16H25N3O. The van der Waals surface area contributed by atoms with Crippen molar-refractivity contribution in [3.63, 3.8) is 0 Å². The van der Waals surface area contributed by atoms with Gasteiger partial charge in [0.1, 0.15) is 5.82 Å². The number of carbonyl (C=O) groups excluding carboxylic acids is 1. The van der Waals surface area contributed by atoms with Crippen LogP contribution in [0.5, 0.6) is 0 Å². The van der Waals surface area contributed by atoms with Crippen molar-refractivity contribution in [3.8, 4) is 0 Å². The van der Waals surface area contributed by atoms with Gasteiger partial charge in [0.25, 0.3) is 5.91 Å². The van der Waals surface area contributed by atoms with Crippen LogP contribution < -0.4 is 10.2 Å². The molecule has 2 rings (SSSR count). The van der Waals surface area contributed by atoms with Gasteiger partial charge in [0.05, 0.1) is 5.56 Å². The zero-order chi connectivity index (χ0) is 14.4. The van der Waals surface area contributed by atoms with E-state index in [1.165, 1.54) is 32.1 Å². The minimum absolute atomic E-state index is 0.00776. The van der Waals surface area contributed by atoms with Crippen molar-refractivity contribution in [1.82, 2.24) is 10.3 Å². The first-order valence-electron chi connectivity index (χ1n) is 7.61. The molecule has 0 saturated heterocycles. The predicted molar refractivity (Wildman–Crippen MR) is 82.1 cm³/mol. The molecule has 0 spiro atoms. The van der Waals surface area contributed by atoms with Gasteiger partial charge >= 0.3 is 0 Å². The topological polar surface area (TPSA) is 45.2 Å². The molecule has 0 aliphatic heterocycles. The fourth-order valence-corrected chi connectivity index (χ4v) is 2.65. The third-order valence-corrected chi connectivity index (χ3v) is 3.91. The summed E-state index contributed by atoms with van der Waals surface area (Å²) in [5.74, 6) is 0.876. The van der Waals surface area contributed by atoms with Crippen LogP contribution in [0.15, 0.2) is 18.3 Å². The molecular weight excluding hydrogens is 250 g/mol. The number of anilines is 1. The predicted octanol–water partition coefficient (Wildman–Crippen LogP) is 2.99. The van der Waals surface area contributed by atoms with Crippen LogP contribution in [0.1, 0.15) is 55.3 Å². The Bertz CT molecular complexity index is 420. The zero-order valence-electron chi connectivity index (χ0n) is 12.6. The lowest BCUT2D eigenvalue weighted by molar-refractivity contribution is 0.0930. The van der Waals surface area contributed by atoms with Crippen LogP contribution in [-0.2, 0) is 0 Å². The Kier molecular flexibility index (Phi) is 5.39. The Labute approximate surface area is 121 Å². The van der Waals surface area contributed by atoms with Gasteiger partial charge in [0.15, 0.2) is 0 Å². The second-order valence-corrected chi connectivity index (χ2v) is 5.82. The Morgan fingerprint density at radius 2 is 1.80 bits per heavy atom. The van der Waals surface area contributed by atoms with E-state index in [9.17, 15) is 4.79 Å². The van der Waals surface area contributed by atoms with Crippen molar-refractivity contribution in [3.05, 3.63) is 23.9 Å². The highest BCUT2D eigenvalue weighted by Gasteiger charge is 2.15. The van der Waals surface area contributed by atoms with Crippen molar-refractivity contribution in [2.75, 3.05) is 19.0 Å². The molecule has 1 fully saturated rings. The number of pyridine rings is 1. The smallest absolute Gasteiger partial charge is 0.253 e.